The van der Waals surface area contributed by atoms with Gasteiger partial charge >= 0.3 is 5.97 Å². The topological polar surface area (TPSA) is 72.9 Å². The second-order valence-electron chi connectivity index (χ2n) is 14.0. The van der Waals surface area contributed by atoms with E-state index in [2.05, 4.69) is 33.8 Å². The lowest BCUT2D eigenvalue weighted by molar-refractivity contribution is -0.149. The summed E-state index contributed by atoms with van der Waals surface area (Å²) in [7, 11) is 0. The standard InChI is InChI=1S/C33H49NO5/c1-19(18-34(21(3)35)22(4)36)8-11-29-20(2)31-30(39-29)17-28-26-10-9-24-16-25(38-23(5)37)12-14-32(24,6)27(26)13-15-33(28,31)7/h9,19,25-28,30-31H,8,10-18H2,1-7H3/t19-,25+,26+,27-,28+,30-,31+,32+,33+/m1/s1. The number of ether oxygens (including phenoxy) is 2. The number of rotatable bonds is 6. The number of allylic oxidation sites excluding steroid dienone is 2. The number of fused-ring (bicyclic) bond motifs is 7. The number of carbonyl (C=O) groups excluding carboxylic acids is 3. The van der Waals surface area contributed by atoms with Crippen molar-refractivity contribution < 1.29 is 23.9 Å². The number of hydrogen-bond acceptors (Lipinski definition) is 5. The van der Waals surface area contributed by atoms with E-state index in [1.807, 2.05) is 0 Å². The van der Waals surface area contributed by atoms with Crippen molar-refractivity contribution in [1.29, 1.82) is 0 Å². The van der Waals surface area contributed by atoms with Gasteiger partial charge in [-0.05, 0) is 91.9 Å². The van der Waals surface area contributed by atoms with Gasteiger partial charge in [-0.3, -0.25) is 19.3 Å². The fourth-order valence-corrected chi connectivity index (χ4v) is 9.81. The molecule has 1 aliphatic heterocycles. The molecule has 0 N–H and O–H groups in total. The third-order valence-corrected chi connectivity index (χ3v) is 11.7. The number of hydrogen-bond donors (Lipinski definition) is 0. The molecule has 2 amide bonds. The predicted molar refractivity (Wildman–Crippen MR) is 150 cm³/mol. The number of esters is 1. The van der Waals surface area contributed by atoms with E-state index in [0.717, 1.165) is 50.7 Å². The van der Waals surface area contributed by atoms with Gasteiger partial charge in [-0.1, -0.05) is 32.4 Å². The van der Waals surface area contributed by atoms with Gasteiger partial charge in [-0.25, -0.2) is 0 Å². The molecule has 3 saturated carbocycles. The van der Waals surface area contributed by atoms with Crippen molar-refractivity contribution in [2.75, 3.05) is 6.54 Å². The lowest BCUT2D eigenvalue weighted by Crippen LogP contribution is -2.50. The van der Waals surface area contributed by atoms with Crippen molar-refractivity contribution in [3.8, 4) is 0 Å². The smallest absolute Gasteiger partial charge is 0.302 e. The van der Waals surface area contributed by atoms with Crippen LogP contribution < -0.4 is 0 Å². The minimum Gasteiger partial charge on any atom is -0.494 e. The second-order valence-corrected chi connectivity index (χ2v) is 14.0. The molecule has 0 aromatic heterocycles. The molecule has 1 heterocycles. The highest BCUT2D eigenvalue weighted by atomic mass is 16.5. The molecule has 0 unspecified atom stereocenters. The molecule has 216 valence electrons. The van der Waals surface area contributed by atoms with Gasteiger partial charge in [0.15, 0.2) is 0 Å². The molecule has 0 aromatic rings. The van der Waals surface area contributed by atoms with Gasteiger partial charge in [0.05, 0.1) is 5.76 Å². The number of carbonyl (C=O) groups is 3. The fourth-order valence-electron chi connectivity index (χ4n) is 9.81. The first-order valence-corrected chi connectivity index (χ1v) is 15.4. The van der Waals surface area contributed by atoms with Crippen molar-refractivity contribution >= 4 is 17.8 Å². The van der Waals surface area contributed by atoms with E-state index in [0.29, 0.717) is 30.2 Å². The van der Waals surface area contributed by atoms with Crippen LogP contribution in [0.1, 0.15) is 106 Å². The maximum absolute atomic E-state index is 11.8. The van der Waals surface area contributed by atoms with Crippen LogP contribution in [0.15, 0.2) is 23.0 Å². The molecule has 9 atom stereocenters. The van der Waals surface area contributed by atoms with Gasteiger partial charge in [0.2, 0.25) is 11.8 Å². The molecule has 4 aliphatic carbocycles. The third-order valence-electron chi connectivity index (χ3n) is 11.7. The van der Waals surface area contributed by atoms with E-state index in [-0.39, 0.29) is 46.7 Å². The summed E-state index contributed by atoms with van der Waals surface area (Å²) in [5, 5.41) is 0. The van der Waals surface area contributed by atoms with E-state index in [9.17, 15) is 14.4 Å². The van der Waals surface area contributed by atoms with Crippen LogP contribution in [0.4, 0.5) is 0 Å². The number of imide groups is 1. The van der Waals surface area contributed by atoms with Crippen molar-refractivity contribution in [3.05, 3.63) is 23.0 Å². The van der Waals surface area contributed by atoms with Gasteiger partial charge in [-0.2, -0.15) is 0 Å². The lowest BCUT2D eigenvalue weighted by Gasteiger charge is -2.58. The van der Waals surface area contributed by atoms with Gasteiger partial charge in [0.1, 0.15) is 12.2 Å². The van der Waals surface area contributed by atoms with Gasteiger partial charge in [0.25, 0.3) is 0 Å². The predicted octanol–water partition coefficient (Wildman–Crippen LogP) is 6.59. The molecule has 6 nitrogen and oxygen atoms in total. The molecule has 0 radical (unpaired) electrons. The molecule has 6 heteroatoms. The summed E-state index contributed by atoms with van der Waals surface area (Å²) in [5.74, 6) is 3.48. The van der Waals surface area contributed by atoms with Crippen LogP contribution in [-0.4, -0.2) is 41.4 Å². The summed E-state index contributed by atoms with van der Waals surface area (Å²) in [4.78, 5) is 36.6. The Bertz CT molecular complexity index is 1080. The van der Waals surface area contributed by atoms with Crippen LogP contribution >= 0.6 is 0 Å². The first-order chi connectivity index (χ1) is 18.3. The summed E-state index contributed by atoms with van der Waals surface area (Å²) < 4.78 is 12.4. The molecule has 5 aliphatic rings. The highest BCUT2D eigenvalue weighted by molar-refractivity contribution is 5.92. The van der Waals surface area contributed by atoms with E-state index in [1.165, 1.54) is 44.1 Å². The van der Waals surface area contributed by atoms with Gasteiger partial charge in [-0.15, -0.1) is 0 Å². The Kier molecular flexibility index (Phi) is 7.56. The second kappa shape index (κ2) is 10.4. The molecule has 0 bridgehead atoms. The zero-order valence-corrected chi connectivity index (χ0v) is 25.2. The molecular weight excluding hydrogens is 490 g/mol. The van der Waals surface area contributed by atoms with Crippen molar-refractivity contribution in [1.82, 2.24) is 4.90 Å². The van der Waals surface area contributed by atoms with Crippen LogP contribution in [0, 0.1) is 40.4 Å². The van der Waals surface area contributed by atoms with Crippen LogP contribution in [0.3, 0.4) is 0 Å². The number of nitrogens with zero attached hydrogens (tertiary/aromatic N) is 1. The zero-order chi connectivity index (χ0) is 28.3. The fraction of sp³-hybridized carbons (Fsp3) is 0.788. The minimum absolute atomic E-state index is 0.0494. The Morgan fingerprint density at radius 1 is 1.10 bits per heavy atom. The minimum atomic E-state index is -0.179. The first-order valence-electron chi connectivity index (χ1n) is 15.4. The van der Waals surface area contributed by atoms with E-state index < -0.39 is 0 Å². The quantitative estimate of drug-likeness (QED) is 0.281. The average molecular weight is 540 g/mol. The van der Waals surface area contributed by atoms with Crippen molar-refractivity contribution in [2.24, 2.45) is 40.4 Å². The molecular formula is C33H49NO5. The van der Waals surface area contributed by atoms with Crippen molar-refractivity contribution in [2.45, 2.75) is 118 Å². The Morgan fingerprint density at radius 3 is 2.49 bits per heavy atom. The average Bonchev–Trinajstić information content (AvgIpc) is 3.33. The molecule has 0 spiro atoms. The van der Waals surface area contributed by atoms with Crippen molar-refractivity contribution in [3.63, 3.8) is 0 Å². The summed E-state index contributed by atoms with van der Waals surface area (Å²) in [5.41, 5.74) is 3.50. The normalized spacial score (nSPS) is 39.4. The third kappa shape index (κ3) is 4.88. The summed E-state index contributed by atoms with van der Waals surface area (Å²) in [6.07, 6.45) is 12.5. The van der Waals surface area contributed by atoms with E-state index >= 15 is 0 Å². The summed E-state index contributed by atoms with van der Waals surface area (Å²) in [6, 6.07) is 0. The summed E-state index contributed by atoms with van der Waals surface area (Å²) in [6.45, 7) is 14.4. The highest BCUT2D eigenvalue weighted by Crippen LogP contribution is 2.69. The molecule has 3 fully saturated rings. The molecule has 39 heavy (non-hydrogen) atoms. The highest BCUT2D eigenvalue weighted by Gasteiger charge is 2.63. The Labute approximate surface area is 234 Å². The van der Waals surface area contributed by atoms with E-state index in [1.54, 1.807) is 5.57 Å². The Hall–Kier alpha value is -2.11. The van der Waals surface area contributed by atoms with Crippen LogP contribution in [0.25, 0.3) is 0 Å². The largest absolute Gasteiger partial charge is 0.494 e. The maximum atomic E-state index is 11.8. The monoisotopic (exact) mass is 539 g/mol. The molecule has 0 saturated heterocycles. The number of amides is 2. The van der Waals surface area contributed by atoms with Gasteiger partial charge < -0.3 is 9.47 Å². The van der Waals surface area contributed by atoms with Crippen LogP contribution in [0.5, 0.6) is 0 Å². The van der Waals surface area contributed by atoms with E-state index in [4.69, 9.17) is 9.47 Å². The maximum Gasteiger partial charge on any atom is 0.302 e. The molecule has 5 rings (SSSR count). The SMILES string of the molecule is CC(=O)O[C@H]1CC[C@@]2(C)C(=CC[C@H]3[C@H]2CC[C@@]2(C)[C@H]3C[C@H]3OC(CC[C@@H](C)CN(C(C)=O)C(C)=O)=C(C)[C@@H]32)C1. The van der Waals surface area contributed by atoms with Gasteiger partial charge in [0, 0.05) is 46.1 Å². The Balaban J connectivity index is 1.27. The molecule has 0 aromatic carbocycles. The van der Waals surface area contributed by atoms with Crippen LogP contribution in [0.2, 0.25) is 0 Å². The zero-order valence-electron chi connectivity index (χ0n) is 25.2. The van der Waals surface area contributed by atoms with Crippen LogP contribution in [-0.2, 0) is 23.9 Å². The summed E-state index contributed by atoms with van der Waals surface area (Å²) >= 11 is 0. The first kappa shape index (κ1) is 28.4. The lowest BCUT2D eigenvalue weighted by atomic mass is 9.47. The Morgan fingerprint density at radius 2 is 1.82 bits per heavy atom.